The van der Waals surface area contributed by atoms with Crippen LogP contribution < -0.4 is 11.5 Å². The maximum atomic E-state index is 10.4. The van der Waals surface area contributed by atoms with E-state index >= 15 is 0 Å². The number of carbonyl (C=O) groups is 2. The summed E-state index contributed by atoms with van der Waals surface area (Å²) in [5.41, 5.74) is 8.84. The highest BCUT2D eigenvalue weighted by Crippen LogP contribution is 2.08. The standard InChI is InChI=1S/C8H16N2O4/c9-8(10,7(13)14)5-3-1-2-4-6(11)12/h1-5,9-10H2,(H,11,12)(H,13,14). The fourth-order valence-corrected chi connectivity index (χ4v) is 0.977. The van der Waals surface area contributed by atoms with Gasteiger partial charge in [-0.15, -0.1) is 0 Å². The summed E-state index contributed by atoms with van der Waals surface area (Å²) in [6.45, 7) is 0. The number of hydrogen-bond donors (Lipinski definition) is 4. The molecule has 0 aromatic rings. The second-order valence-electron chi connectivity index (χ2n) is 3.30. The van der Waals surface area contributed by atoms with Crippen LogP contribution in [0.15, 0.2) is 0 Å². The molecular weight excluding hydrogens is 188 g/mol. The Hall–Kier alpha value is -1.14. The van der Waals surface area contributed by atoms with E-state index in [4.69, 9.17) is 21.7 Å². The lowest BCUT2D eigenvalue weighted by Crippen LogP contribution is -2.56. The molecule has 0 rings (SSSR count). The molecule has 6 heteroatoms. The van der Waals surface area contributed by atoms with Gasteiger partial charge in [-0.05, 0) is 19.3 Å². The molecule has 0 spiro atoms. The normalized spacial score (nSPS) is 11.3. The lowest BCUT2D eigenvalue weighted by Gasteiger charge is -2.18. The molecule has 0 aliphatic rings. The van der Waals surface area contributed by atoms with Crippen LogP contribution in [0, 0.1) is 0 Å². The van der Waals surface area contributed by atoms with Crippen LogP contribution in [0.1, 0.15) is 32.1 Å². The average molecular weight is 204 g/mol. The minimum Gasteiger partial charge on any atom is -0.481 e. The van der Waals surface area contributed by atoms with Gasteiger partial charge in [0.2, 0.25) is 0 Å². The van der Waals surface area contributed by atoms with Gasteiger partial charge in [0.1, 0.15) is 0 Å². The van der Waals surface area contributed by atoms with Gasteiger partial charge >= 0.3 is 11.9 Å². The van der Waals surface area contributed by atoms with Gasteiger partial charge in [0.15, 0.2) is 5.66 Å². The van der Waals surface area contributed by atoms with Crippen molar-refractivity contribution in [2.45, 2.75) is 37.8 Å². The smallest absolute Gasteiger partial charge is 0.338 e. The molecule has 0 aliphatic carbocycles. The van der Waals surface area contributed by atoms with Gasteiger partial charge in [0, 0.05) is 6.42 Å². The first-order chi connectivity index (χ1) is 6.36. The van der Waals surface area contributed by atoms with E-state index in [0.717, 1.165) is 0 Å². The third-order valence-corrected chi connectivity index (χ3v) is 1.88. The predicted octanol–water partition coefficient (Wildman–Crippen LogP) is -0.280. The van der Waals surface area contributed by atoms with E-state index in [2.05, 4.69) is 0 Å². The second kappa shape index (κ2) is 5.56. The molecule has 0 heterocycles. The number of aliphatic carboxylic acids is 2. The minimum atomic E-state index is -1.69. The lowest BCUT2D eigenvalue weighted by atomic mass is 10.0. The molecule has 0 saturated carbocycles. The van der Waals surface area contributed by atoms with E-state index in [0.29, 0.717) is 19.3 Å². The maximum Gasteiger partial charge on any atom is 0.338 e. The van der Waals surface area contributed by atoms with Crippen molar-refractivity contribution in [1.82, 2.24) is 0 Å². The molecule has 0 aromatic carbocycles. The highest BCUT2D eigenvalue weighted by Gasteiger charge is 2.27. The van der Waals surface area contributed by atoms with Gasteiger partial charge in [-0.2, -0.15) is 0 Å². The molecule has 14 heavy (non-hydrogen) atoms. The van der Waals surface area contributed by atoms with Gasteiger partial charge in [0.25, 0.3) is 0 Å². The molecule has 0 aromatic heterocycles. The summed E-state index contributed by atoms with van der Waals surface area (Å²) in [7, 11) is 0. The Morgan fingerprint density at radius 3 is 2.07 bits per heavy atom. The van der Waals surface area contributed by atoms with E-state index in [1.807, 2.05) is 0 Å². The van der Waals surface area contributed by atoms with E-state index in [-0.39, 0.29) is 12.8 Å². The zero-order valence-corrected chi connectivity index (χ0v) is 7.90. The van der Waals surface area contributed by atoms with E-state index in [9.17, 15) is 9.59 Å². The summed E-state index contributed by atoms with van der Waals surface area (Å²) in [6.07, 6.45) is 1.91. The van der Waals surface area contributed by atoms with Gasteiger partial charge in [-0.1, -0.05) is 6.42 Å². The molecule has 6 nitrogen and oxygen atoms in total. The van der Waals surface area contributed by atoms with E-state index < -0.39 is 17.6 Å². The largest absolute Gasteiger partial charge is 0.481 e. The molecule has 0 unspecified atom stereocenters. The Labute approximate surface area is 81.9 Å². The molecule has 0 fully saturated rings. The van der Waals surface area contributed by atoms with Crippen LogP contribution in [0.2, 0.25) is 0 Å². The summed E-state index contributed by atoms with van der Waals surface area (Å²) in [5, 5.41) is 16.9. The molecule has 0 radical (unpaired) electrons. The predicted molar refractivity (Wildman–Crippen MR) is 49.5 cm³/mol. The highest BCUT2D eigenvalue weighted by atomic mass is 16.4. The van der Waals surface area contributed by atoms with Crippen molar-refractivity contribution in [2.24, 2.45) is 11.5 Å². The third kappa shape index (κ3) is 5.50. The first-order valence-electron chi connectivity index (χ1n) is 4.39. The van der Waals surface area contributed by atoms with Gasteiger partial charge in [0.05, 0.1) is 0 Å². The van der Waals surface area contributed by atoms with Crippen molar-refractivity contribution in [3.05, 3.63) is 0 Å². The number of nitrogens with two attached hydrogens (primary N) is 2. The Kier molecular flexibility index (Phi) is 5.11. The van der Waals surface area contributed by atoms with Crippen LogP contribution >= 0.6 is 0 Å². The van der Waals surface area contributed by atoms with Crippen LogP contribution in [0.4, 0.5) is 0 Å². The minimum absolute atomic E-state index is 0.0925. The van der Waals surface area contributed by atoms with Crippen LogP contribution in [0.5, 0.6) is 0 Å². The van der Waals surface area contributed by atoms with E-state index in [1.165, 1.54) is 0 Å². The van der Waals surface area contributed by atoms with Crippen molar-refractivity contribution in [3.63, 3.8) is 0 Å². The summed E-state index contributed by atoms with van der Waals surface area (Å²) < 4.78 is 0. The Morgan fingerprint density at radius 2 is 1.64 bits per heavy atom. The monoisotopic (exact) mass is 204 g/mol. The molecular formula is C8H16N2O4. The molecule has 0 aliphatic heterocycles. The van der Waals surface area contributed by atoms with Crippen molar-refractivity contribution in [2.75, 3.05) is 0 Å². The van der Waals surface area contributed by atoms with E-state index in [1.54, 1.807) is 0 Å². The molecule has 0 amide bonds. The van der Waals surface area contributed by atoms with Crippen molar-refractivity contribution in [3.8, 4) is 0 Å². The molecule has 0 saturated heterocycles. The molecule has 82 valence electrons. The Balaban J connectivity index is 3.54. The highest BCUT2D eigenvalue weighted by molar-refractivity contribution is 5.77. The summed E-state index contributed by atoms with van der Waals surface area (Å²) in [6, 6.07) is 0. The summed E-state index contributed by atoms with van der Waals surface area (Å²) in [4.78, 5) is 20.6. The Bertz CT molecular complexity index is 215. The topological polar surface area (TPSA) is 127 Å². The van der Waals surface area contributed by atoms with Gasteiger partial charge in [-0.3, -0.25) is 4.79 Å². The van der Waals surface area contributed by atoms with Crippen LogP contribution in [0.3, 0.4) is 0 Å². The summed E-state index contributed by atoms with van der Waals surface area (Å²) in [5.74, 6) is -2.09. The zero-order chi connectivity index (χ0) is 11.2. The maximum absolute atomic E-state index is 10.4. The molecule has 0 bridgehead atoms. The van der Waals surface area contributed by atoms with Crippen molar-refractivity contribution in [1.29, 1.82) is 0 Å². The van der Waals surface area contributed by atoms with Crippen molar-refractivity contribution < 1.29 is 19.8 Å². The third-order valence-electron chi connectivity index (χ3n) is 1.88. The van der Waals surface area contributed by atoms with Crippen LogP contribution in [-0.2, 0) is 9.59 Å². The van der Waals surface area contributed by atoms with Gasteiger partial charge in [-0.25, -0.2) is 4.79 Å². The Morgan fingerprint density at radius 1 is 1.07 bits per heavy atom. The van der Waals surface area contributed by atoms with Crippen molar-refractivity contribution >= 4 is 11.9 Å². The second-order valence-corrected chi connectivity index (χ2v) is 3.30. The zero-order valence-electron chi connectivity index (χ0n) is 7.90. The molecule has 0 atom stereocenters. The fraction of sp³-hybridized carbons (Fsp3) is 0.750. The first-order valence-corrected chi connectivity index (χ1v) is 4.39. The summed E-state index contributed by atoms with van der Waals surface area (Å²) >= 11 is 0. The van der Waals surface area contributed by atoms with Crippen LogP contribution in [-0.4, -0.2) is 27.8 Å². The van der Waals surface area contributed by atoms with Crippen LogP contribution in [0.25, 0.3) is 0 Å². The number of carboxylic acid groups (broad SMARTS) is 2. The number of rotatable bonds is 7. The average Bonchev–Trinajstić information content (AvgIpc) is 2.02. The fourth-order valence-electron chi connectivity index (χ4n) is 0.977. The molecule has 6 N–H and O–H groups in total. The quantitative estimate of drug-likeness (QED) is 0.333. The number of carboxylic acids is 2. The first kappa shape index (κ1) is 12.9. The number of unbranched alkanes of at least 4 members (excludes halogenated alkanes) is 2. The number of hydrogen-bond acceptors (Lipinski definition) is 4. The SMILES string of the molecule is NC(N)(CCCCCC(=O)O)C(=O)O. The lowest BCUT2D eigenvalue weighted by molar-refractivity contribution is -0.143. The van der Waals surface area contributed by atoms with Gasteiger partial charge < -0.3 is 21.7 Å².